The van der Waals surface area contributed by atoms with Crippen molar-refractivity contribution in [3.63, 3.8) is 0 Å². The second-order valence-electron chi connectivity index (χ2n) is 7.83. The minimum atomic E-state index is 0.131. The number of nitrogens with zero attached hydrogens (tertiary/aromatic N) is 5. The molecule has 2 aromatic heterocycles. The van der Waals surface area contributed by atoms with E-state index in [-0.39, 0.29) is 6.61 Å². The van der Waals surface area contributed by atoms with E-state index < -0.39 is 0 Å². The normalized spacial score (nSPS) is 11.1. The van der Waals surface area contributed by atoms with Crippen LogP contribution in [0.2, 0.25) is 0 Å². The maximum Gasteiger partial charge on any atom is 0.205 e. The molecule has 0 radical (unpaired) electrons. The Morgan fingerprint density at radius 1 is 1.00 bits per heavy atom. The minimum Gasteiger partial charge on any atom is -0.396 e. The first kappa shape index (κ1) is 23.1. The fourth-order valence-corrected chi connectivity index (χ4v) is 4.67. The van der Waals surface area contributed by atoms with Gasteiger partial charge in [0.1, 0.15) is 10.9 Å². The maximum absolute atomic E-state index is 9.34. The summed E-state index contributed by atoms with van der Waals surface area (Å²) < 4.78 is 0. The predicted molar refractivity (Wildman–Crippen MR) is 131 cm³/mol. The molecule has 0 bridgehead atoms. The Morgan fingerprint density at radius 2 is 1.79 bits per heavy atom. The monoisotopic (exact) mass is 460 g/mol. The van der Waals surface area contributed by atoms with Gasteiger partial charge in [0.15, 0.2) is 0 Å². The zero-order chi connectivity index (χ0) is 23.0. The highest BCUT2D eigenvalue weighted by atomic mass is 32.2. The van der Waals surface area contributed by atoms with Gasteiger partial charge in [-0.05, 0) is 41.7 Å². The maximum atomic E-state index is 9.34. The van der Waals surface area contributed by atoms with Gasteiger partial charge in [0.05, 0.1) is 6.61 Å². The zero-order valence-corrected chi connectivity index (χ0v) is 19.8. The lowest BCUT2D eigenvalue weighted by Gasteiger charge is -2.15. The van der Waals surface area contributed by atoms with Crippen LogP contribution in [-0.4, -0.2) is 48.1 Å². The van der Waals surface area contributed by atoms with Gasteiger partial charge in [-0.3, -0.25) is 0 Å². The van der Waals surface area contributed by atoms with Crippen LogP contribution in [0, 0.1) is 6.92 Å². The summed E-state index contributed by atoms with van der Waals surface area (Å²) in [6.45, 7) is 4.27. The van der Waals surface area contributed by atoms with Gasteiger partial charge in [-0.1, -0.05) is 61.9 Å². The Balaban J connectivity index is 1.64. The summed E-state index contributed by atoms with van der Waals surface area (Å²) in [5.74, 6) is 2.00. The van der Waals surface area contributed by atoms with Crippen molar-refractivity contribution in [2.45, 2.75) is 44.6 Å². The lowest BCUT2D eigenvalue weighted by molar-refractivity contribution is 0.322. The van der Waals surface area contributed by atoms with Gasteiger partial charge in [0.25, 0.3) is 0 Å². The van der Waals surface area contributed by atoms with Crippen LogP contribution in [0.25, 0.3) is 22.5 Å². The van der Waals surface area contributed by atoms with Crippen molar-refractivity contribution in [3.8, 4) is 22.5 Å². The molecule has 0 atom stereocenters. The number of rotatable bonds is 10. The summed E-state index contributed by atoms with van der Waals surface area (Å²) in [6, 6.07) is 16.7. The third-order valence-electron chi connectivity index (χ3n) is 5.42. The Labute approximate surface area is 198 Å². The highest BCUT2D eigenvalue weighted by molar-refractivity contribution is 7.99. The molecule has 4 aromatic rings. The molecule has 0 fully saturated rings. The van der Waals surface area contributed by atoms with Gasteiger partial charge in [0.2, 0.25) is 5.82 Å². The predicted octanol–water partition coefficient (Wildman–Crippen LogP) is 4.65. The van der Waals surface area contributed by atoms with Crippen molar-refractivity contribution in [3.05, 3.63) is 71.2 Å². The molecule has 0 aliphatic heterocycles. The van der Waals surface area contributed by atoms with Crippen molar-refractivity contribution in [2.24, 2.45) is 0 Å². The highest BCUT2D eigenvalue weighted by Crippen LogP contribution is 2.31. The first-order valence-electron chi connectivity index (χ1n) is 11.2. The van der Waals surface area contributed by atoms with Crippen molar-refractivity contribution in [1.82, 2.24) is 30.6 Å². The van der Waals surface area contributed by atoms with E-state index in [1.165, 1.54) is 11.1 Å². The number of hydrogen-bond donors (Lipinski definition) is 2. The fraction of sp³-hybridized carbons (Fsp3) is 0.320. The first-order chi connectivity index (χ1) is 16.2. The second kappa shape index (κ2) is 11.2. The number of aliphatic hydroxyl groups excluding tert-OH is 1. The van der Waals surface area contributed by atoms with Gasteiger partial charge < -0.3 is 5.11 Å². The van der Waals surface area contributed by atoms with E-state index in [0.717, 1.165) is 58.9 Å². The van der Waals surface area contributed by atoms with Gasteiger partial charge in [-0.2, -0.15) is 5.21 Å². The Kier molecular flexibility index (Phi) is 7.80. The SMILES string of the molecule is CCCCc1nc(C)nc(SCCO)c1Cc1ccc(-c2ccccc2-c2nn[nH]n2)cc1. The van der Waals surface area contributed by atoms with Crippen LogP contribution in [0.4, 0.5) is 0 Å². The Morgan fingerprint density at radius 3 is 2.48 bits per heavy atom. The molecule has 7 nitrogen and oxygen atoms in total. The lowest BCUT2D eigenvalue weighted by atomic mass is 9.96. The molecule has 8 heteroatoms. The fourth-order valence-electron chi connectivity index (χ4n) is 3.83. The van der Waals surface area contributed by atoms with E-state index in [4.69, 9.17) is 9.97 Å². The van der Waals surface area contributed by atoms with Gasteiger partial charge in [-0.15, -0.1) is 22.0 Å². The number of H-pyrrole nitrogens is 1. The summed E-state index contributed by atoms with van der Waals surface area (Å²) in [6.07, 6.45) is 3.92. The molecule has 33 heavy (non-hydrogen) atoms. The van der Waals surface area contributed by atoms with Crippen LogP contribution in [-0.2, 0) is 12.8 Å². The molecule has 0 aliphatic carbocycles. The second-order valence-corrected chi connectivity index (χ2v) is 8.92. The summed E-state index contributed by atoms with van der Waals surface area (Å²) in [4.78, 5) is 9.47. The quantitative estimate of drug-likeness (QED) is 0.262. The van der Waals surface area contributed by atoms with E-state index in [2.05, 4.69) is 57.9 Å². The van der Waals surface area contributed by atoms with E-state index in [1.54, 1.807) is 11.8 Å². The molecule has 2 N–H and O–H groups in total. The van der Waals surface area contributed by atoms with E-state index >= 15 is 0 Å². The molecular weight excluding hydrogens is 432 g/mol. The minimum absolute atomic E-state index is 0.131. The molecule has 0 spiro atoms. The number of aryl methyl sites for hydroxylation is 2. The van der Waals surface area contributed by atoms with Crippen LogP contribution in [0.5, 0.6) is 0 Å². The van der Waals surface area contributed by atoms with E-state index in [1.807, 2.05) is 25.1 Å². The summed E-state index contributed by atoms with van der Waals surface area (Å²) in [5, 5.41) is 24.8. The molecule has 0 saturated carbocycles. The molecule has 0 saturated heterocycles. The molecule has 4 rings (SSSR count). The summed E-state index contributed by atoms with van der Waals surface area (Å²) in [5.41, 5.74) is 6.60. The molecule has 0 aliphatic rings. The lowest BCUT2D eigenvalue weighted by Crippen LogP contribution is -2.07. The summed E-state index contributed by atoms with van der Waals surface area (Å²) in [7, 11) is 0. The number of benzene rings is 2. The zero-order valence-electron chi connectivity index (χ0n) is 19.0. The average Bonchev–Trinajstić information content (AvgIpc) is 3.38. The van der Waals surface area contributed by atoms with Crippen molar-refractivity contribution in [1.29, 1.82) is 0 Å². The standard InChI is InChI=1S/C25H28N6OS/c1-3-4-9-23-22(25(33-15-14-32)27-17(2)26-23)16-18-10-12-19(13-11-18)20-7-5-6-8-21(20)24-28-30-31-29-24/h5-8,10-13,32H,3-4,9,14-16H2,1-2H3,(H,28,29,30,31). The van der Waals surface area contributed by atoms with Crippen LogP contribution in [0.1, 0.15) is 42.4 Å². The molecule has 170 valence electrons. The van der Waals surface area contributed by atoms with E-state index in [9.17, 15) is 5.11 Å². The van der Waals surface area contributed by atoms with Gasteiger partial charge in [0, 0.05) is 29.0 Å². The third kappa shape index (κ3) is 5.64. The molecular formula is C25H28N6OS. The van der Waals surface area contributed by atoms with Crippen LogP contribution >= 0.6 is 11.8 Å². The number of aromatic amines is 1. The highest BCUT2D eigenvalue weighted by Gasteiger charge is 2.15. The number of hydrogen-bond acceptors (Lipinski definition) is 7. The largest absolute Gasteiger partial charge is 0.396 e. The Bertz CT molecular complexity index is 1150. The van der Waals surface area contributed by atoms with Crippen LogP contribution < -0.4 is 0 Å². The smallest absolute Gasteiger partial charge is 0.205 e. The van der Waals surface area contributed by atoms with Crippen molar-refractivity contribution < 1.29 is 5.11 Å². The number of aromatic nitrogens is 6. The number of unbranched alkanes of at least 4 members (excludes halogenated alkanes) is 1. The van der Waals surface area contributed by atoms with Gasteiger partial charge >= 0.3 is 0 Å². The Hall–Kier alpha value is -3.10. The third-order valence-corrected chi connectivity index (χ3v) is 6.42. The average molecular weight is 461 g/mol. The van der Waals surface area contributed by atoms with Crippen LogP contribution in [0.3, 0.4) is 0 Å². The van der Waals surface area contributed by atoms with E-state index in [0.29, 0.717) is 11.6 Å². The summed E-state index contributed by atoms with van der Waals surface area (Å²) >= 11 is 1.60. The molecule has 0 amide bonds. The topological polar surface area (TPSA) is 100 Å². The molecule has 2 heterocycles. The van der Waals surface area contributed by atoms with Gasteiger partial charge in [-0.25, -0.2) is 9.97 Å². The van der Waals surface area contributed by atoms with Crippen molar-refractivity contribution in [2.75, 3.05) is 12.4 Å². The number of nitrogens with one attached hydrogen (secondary N) is 1. The first-order valence-corrected chi connectivity index (χ1v) is 12.2. The van der Waals surface area contributed by atoms with Crippen molar-refractivity contribution >= 4 is 11.8 Å². The number of thioether (sulfide) groups is 1. The molecule has 0 unspecified atom stereocenters. The number of tetrazole rings is 1. The number of aliphatic hydroxyl groups is 1. The van der Waals surface area contributed by atoms with Crippen LogP contribution in [0.15, 0.2) is 53.6 Å². The molecule has 2 aromatic carbocycles.